The number of hydrogen-bond acceptors (Lipinski definition) is 3. The van der Waals surface area contributed by atoms with Gasteiger partial charge in [-0.3, -0.25) is 0 Å². The molecule has 1 saturated heterocycles. The summed E-state index contributed by atoms with van der Waals surface area (Å²) in [5.74, 6) is 0.701. The van der Waals surface area contributed by atoms with Crippen molar-refractivity contribution in [3.63, 3.8) is 0 Å². The summed E-state index contributed by atoms with van der Waals surface area (Å²) in [5, 5.41) is 0. The van der Waals surface area contributed by atoms with Gasteiger partial charge in [-0.2, -0.15) is 0 Å². The van der Waals surface area contributed by atoms with Crippen LogP contribution in [-0.2, 0) is 17.8 Å². The summed E-state index contributed by atoms with van der Waals surface area (Å²) in [7, 11) is 2.19. The van der Waals surface area contributed by atoms with Gasteiger partial charge in [0.15, 0.2) is 0 Å². The van der Waals surface area contributed by atoms with Gasteiger partial charge in [-0.1, -0.05) is 24.3 Å². The zero-order valence-electron chi connectivity index (χ0n) is 11.3. The van der Waals surface area contributed by atoms with E-state index >= 15 is 0 Å². The van der Waals surface area contributed by atoms with Crippen LogP contribution in [-0.4, -0.2) is 31.7 Å². The maximum atomic E-state index is 5.60. The number of ether oxygens (including phenoxy) is 1. The van der Waals surface area contributed by atoms with Gasteiger partial charge in [-0.05, 0) is 36.9 Å². The molecule has 1 aliphatic heterocycles. The molecule has 0 amide bonds. The van der Waals surface area contributed by atoms with Gasteiger partial charge in [0.1, 0.15) is 0 Å². The fourth-order valence-corrected chi connectivity index (χ4v) is 2.55. The van der Waals surface area contributed by atoms with Crippen molar-refractivity contribution in [3.8, 4) is 0 Å². The van der Waals surface area contributed by atoms with Crippen molar-refractivity contribution < 1.29 is 4.74 Å². The largest absolute Gasteiger partial charge is 0.381 e. The Morgan fingerprint density at radius 1 is 1.28 bits per heavy atom. The second-order valence-corrected chi connectivity index (χ2v) is 5.30. The number of nitrogens with zero attached hydrogens (tertiary/aromatic N) is 1. The lowest BCUT2D eigenvalue weighted by Gasteiger charge is -2.27. The topological polar surface area (TPSA) is 38.5 Å². The summed E-state index contributed by atoms with van der Waals surface area (Å²) in [6.07, 6.45) is 2.51. The van der Waals surface area contributed by atoms with E-state index in [1.54, 1.807) is 0 Å². The summed E-state index contributed by atoms with van der Waals surface area (Å²) < 4.78 is 5.52. The van der Waals surface area contributed by atoms with E-state index in [1.807, 2.05) is 0 Å². The van der Waals surface area contributed by atoms with Crippen molar-refractivity contribution in [2.45, 2.75) is 25.9 Å². The summed E-state index contributed by atoms with van der Waals surface area (Å²) >= 11 is 0. The molecule has 1 atom stereocenters. The standard InChI is InChI=1S/C15H24N2O/c1-17(11-15-3-2-8-18-12-15)10-14-6-4-13(9-16)5-7-14/h4-7,15H,2-3,8-12,16H2,1H3. The average Bonchev–Trinajstić information content (AvgIpc) is 2.40. The van der Waals surface area contributed by atoms with E-state index < -0.39 is 0 Å². The molecule has 2 N–H and O–H groups in total. The van der Waals surface area contributed by atoms with Gasteiger partial charge >= 0.3 is 0 Å². The lowest BCUT2D eigenvalue weighted by atomic mass is 10.0. The number of hydrogen-bond donors (Lipinski definition) is 1. The highest BCUT2D eigenvalue weighted by molar-refractivity contribution is 5.22. The minimum absolute atomic E-state index is 0.621. The maximum Gasteiger partial charge on any atom is 0.0506 e. The van der Waals surface area contributed by atoms with Crippen LogP contribution in [0.3, 0.4) is 0 Å². The van der Waals surface area contributed by atoms with Crippen LogP contribution in [0.1, 0.15) is 24.0 Å². The van der Waals surface area contributed by atoms with Gasteiger partial charge in [-0.25, -0.2) is 0 Å². The molecule has 0 radical (unpaired) electrons. The van der Waals surface area contributed by atoms with E-state index in [0.29, 0.717) is 12.5 Å². The van der Waals surface area contributed by atoms with Gasteiger partial charge in [0.2, 0.25) is 0 Å². The Bertz CT molecular complexity index is 344. The van der Waals surface area contributed by atoms with Gasteiger partial charge in [0, 0.05) is 26.2 Å². The van der Waals surface area contributed by atoms with Crippen LogP contribution in [0.15, 0.2) is 24.3 Å². The fourth-order valence-electron chi connectivity index (χ4n) is 2.55. The van der Waals surface area contributed by atoms with Crippen molar-refractivity contribution in [2.24, 2.45) is 11.7 Å². The molecule has 1 unspecified atom stereocenters. The predicted octanol–water partition coefficient (Wildman–Crippen LogP) is 2.00. The highest BCUT2D eigenvalue weighted by atomic mass is 16.5. The molecule has 0 bridgehead atoms. The first-order valence-corrected chi connectivity index (χ1v) is 6.82. The van der Waals surface area contributed by atoms with E-state index in [-0.39, 0.29) is 0 Å². The third-order valence-corrected chi connectivity index (χ3v) is 3.54. The Hall–Kier alpha value is -0.900. The highest BCUT2D eigenvalue weighted by Crippen LogP contribution is 2.15. The third kappa shape index (κ3) is 4.09. The van der Waals surface area contributed by atoms with Gasteiger partial charge < -0.3 is 15.4 Å². The van der Waals surface area contributed by atoms with E-state index in [2.05, 4.69) is 36.2 Å². The minimum atomic E-state index is 0.621. The smallest absolute Gasteiger partial charge is 0.0506 e. The van der Waals surface area contributed by atoms with Gasteiger partial charge in [0.05, 0.1) is 6.61 Å². The van der Waals surface area contributed by atoms with E-state index in [1.165, 1.54) is 24.0 Å². The first kappa shape index (κ1) is 13.5. The lowest BCUT2D eigenvalue weighted by molar-refractivity contribution is 0.0411. The van der Waals surface area contributed by atoms with E-state index in [0.717, 1.165) is 26.3 Å². The lowest BCUT2D eigenvalue weighted by Crippen LogP contribution is -2.30. The monoisotopic (exact) mass is 248 g/mol. The van der Waals surface area contributed by atoms with Crippen LogP contribution in [0.4, 0.5) is 0 Å². The molecule has 1 fully saturated rings. The molecule has 1 aromatic rings. The van der Waals surface area contributed by atoms with Crippen LogP contribution in [0.2, 0.25) is 0 Å². The van der Waals surface area contributed by atoms with Crippen molar-refractivity contribution in [1.82, 2.24) is 4.90 Å². The summed E-state index contributed by atoms with van der Waals surface area (Å²) in [5.41, 5.74) is 8.15. The second kappa shape index (κ2) is 6.88. The molecule has 0 spiro atoms. The van der Waals surface area contributed by atoms with Crippen molar-refractivity contribution in [2.75, 3.05) is 26.8 Å². The number of benzene rings is 1. The van der Waals surface area contributed by atoms with Crippen molar-refractivity contribution in [3.05, 3.63) is 35.4 Å². The molecule has 0 saturated carbocycles. The number of nitrogens with two attached hydrogens (primary N) is 1. The Balaban J connectivity index is 1.80. The molecule has 3 nitrogen and oxygen atoms in total. The van der Waals surface area contributed by atoms with Crippen LogP contribution in [0.5, 0.6) is 0 Å². The van der Waals surface area contributed by atoms with E-state index in [4.69, 9.17) is 10.5 Å². The first-order chi connectivity index (χ1) is 8.78. The molecule has 0 aliphatic carbocycles. The van der Waals surface area contributed by atoms with Crippen LogP contribution in [0.25, 0.3) is 0 Å². The molecule has 0 aromatic heterocycles. The van der Waals surface area contributed by atoms with Crippen LogP contribution >= 0.6 is 0 Å². The fraction of sp³-hybridized carbons (Fsp3) is 0.600. The molecule has 1 aromatic carbocycles. The Kier molecular flexibility index (Phi) is 5.17. The molecule has 100 valence electrons. The molecule has 3 heteroatoms. The number of rotatable bonds is 5. The minimum Gasteiger partial charge on any atom is -0.381 e. The average molecular weight is 248 g/mol. The first-order valence-electron chi connectivity index (χ1n) is 6.82. The van der Waals surface area contributed by atoms with Gasteiger partial charge in [-0.15, -0.1) is 0 Å². The predicted molar refractivity (Wildman–Crippen MR) is 74.2 cm³/mol. The third-order valence-electron chi connectivity index (χ3n) is 3.54. The normalized spacial score (nSPS) is 20.3. The molecular formula is C15H24N2O. The molecule has 1 aliphatic rings. The summed E-state index contributed by atoms with van der Waals surface area (Å²) in [6, 6.07) is 8.59. The summed E-state index contributed by atoms with van der Waals surface area (Å²) in [4.78, 5) is 2.39. The molecule has 2 rings (SSSR count). The Morgan fingerprint density at radius 3 is 2.61 bits per heavy atom. The van der Waals surface area contributed by atoms with Crippen LogP contribution < -0.4 is 5.73 Å². The molecular weight excluding hydrogens is 224 g/mol. The van der Waals surface area contributed by atoms with Gasteiger partial charge in [0.25, 0.3) is 0 Å². The quantitative estimate of drug-likeness (QED) is 0.866. The molecule has 1 heterocycles. The van der Waals surface area contributed by atoms with E-state index in [9.17, 15) is 0 Å². The zero-order chi connectivity index (χ0) is 12.8. The summed E-state index contributed by atoms with van der Waals surface area (Å²) in [6.45, 7) is 4.62. The highest BCUT2D eigenvalue weighted by Gasteiger charge is 2.15. The van der Waals surface area contributed by atoms with Crippen molar-refractivity contribution >= 4 is 0 Å². The van der Waals surface area contributed by atoms with Crippen molar-refractivity contribution in [1.29, 1.82) is 0 Å². The maximum absolute atomic E-state index is 5.60. The Labute approximate surface area is 110 Å². The zero-order valence-corrected chi connectivity index (χ0v) is 11.3. The SMILES string of the molecule is CN(Cc1ccc(CN)cc1)CC1CCCOC1. The molecule has 18 heavy (non-hydrogen) atoms. The Morgan fingerprint density at radius 2 is 2.00 bits per heavy atom. The van der Waals surface area contributed by atoms with Crippen LogP contribution in [0, 0.1) is 5.92 Å². The second-order valence-electron chi connectivity index (χ2n) is 5.30.